The van der Waals surface area contributed by atoms with Gasteiger partial charge in [0.1, 0.15) is 0 Å². The topological polar surface area (TPSA) is 49.3 Å². The third-order valence-electron chi connectivity index (χ3n) is 3.72. The van der Waals surface area contributed by atoms with E-state index in [0.29, 0.717) is 6.54 Å². The summed E-state index contributed by atoms with van der Waals surface area (Å²) in [6.45, 7) is 7.95. The monoisotopic (exact) mass is 313 g/mol. The first-order valence-corrected chi connectivity index (χ1v) is 6.69. The number of rotatable bonds is 5. The molecule has 0 spiro atoms. The first kappa shape index (κ1) is 15.2. The zero-order chi connectivity index (χ0) is 14.0. The summed E-state index contributed by atoms with van der Waals surface area (Å²) in [7, 11) is 0. The molecule has 1 rings (SSSR count). The second-order valence-electron chi connectivity index (χ2n) is 5.54. The van der Waals surface area contributed by atoms with Gasteiger partial charge < -0.3 is 10.4 Å². The number of carboxylic acids is 1. The molecule has 1 aromatic carbocycles. The maximum Gasteiger partial charge on any atom is 0.310 e. The molecule has 0 saturated carbocycles. The predicted molar refractivity (Wildman–Crippen MR) is 76.5 cm³/mol. The summed E-state index contributed by atoms with van der Waals surface area (Å²) >= 11 is 3.42. The van der Waals surface area contributed by atoms with Crippen LogP contribution in [0.3, 0.4) is 0 Å². The molecule has 0 amide bonds. The minimum atomic E-state index is -0.834. The van der Waals surface area contributed by atoms with Gasteiger partial charge in [-0.05, 0) is 45.4 Å². The van der Waals surface area contributed by atoms with Gasteiger partial charge in [-0.3, -0.25) is 4.79 Å². The second-order valence-corrected chi connectivity index (χ2v) is 6.45. The van der Waals surface area contributed by atoms with Crippen LogP contribution in [0.15, 0.2) is 28.7 Å². The van der Waals surface area contributed by atoms with Crippen LogP contribution in [0.4, 0.5) is 0 Å². The summed E-state index contributed by atoms with van der Waals surface area (Å²) in [6.07, 6.45) is 0. The van der Waals surface area contributed by atoms with Gasteiger partial charge >= 0.3 is 5.97 Å². The Morgan fingerprint density at radius 2 is 1.94 bits per heavy atom. The second kappa shape index (κ2) is 5.41. The van der Waals surface area contributed by atoms with Gasteiger partial charge in [0.15, 0.2) is 0 Å². The highest BCUT2D eigenvalue weighted by Gasteiger charge is 2.42. The molecule has 0 aliphatic carbocycles. The quantitative estimate of drug-likeness (QED) is 0.875. The fourth-order valence-corrected chi connectivity index (χ4v) is 1.90. The molecule has 0 aromatic heterocycles. The van der Waals surface area contributed by atoms with Gasteiger partial charge in [-0.15, -0.1) is 0 Å². The van der Waals surface area contributed by atoms with E-state index in [1.54, 1.807) is 13.8 Å². The lowest BCUT2D eigenvalue weighted by Crippen LogP contribution is -2.54. The van der Waals surface area contributed by atoms with Crippen molar-refractivity contribution in [1.29, 1.82) is 0 Å². The smallest absolute Gasteiger partial charge is 0.310 e. The Labute approximate surface area is 117 Å². The summed E-state index contributed by atoms with van der Waals surface area (Å²) in [5, 5.41) is 12.6. The fourth-order valence-electron chi connectivity index (χ4n) is 1.46. The molecule has 2 N–H and O–H groups in total. The van der Waals surface area contributed by atoms with Gasteiger partial charge in [-0.25, -0.2) is 0 Å². The Kier molecular flexibility index (Phi) is 4.56. The minimum absolute atomic E-state index is 0.499. The molecule has 100 valence electrons. The van der Waals surface area contributed by atoms with Crippen molar-refractivity contribution in [2.24, 2.45) is 5.41 Å². The summed E-state index contributed by atoms with van der Waals surface area (Å²) in [5.41, 5.74) is -0.209. The Balaban J connectivity index is 2.76. The molecule has 0 fully saturated rings. The van der Waals surface area contributed by atoms with E-state index in [2.05, 4.69) is 21.2 Å². The molecular formula is C14H20BrNO2. The fraction of sp³-hybridized carbons (Fsp3) is 0.500. The van der Waals surface area contributed by atoms with Crippen molar-refractivity contribution in [3.63, 3.8) is 0 Å². The number of halogens is 1. The third kappa shape index (κ3) is 3.33. The van der Waals surface area contributed by atoms with E-state index in [0.717, 1.165) is 10.0 Å². The summed E-state index contributed by atoms with van der Waals surface area (Å²) in [5.74, 6) is -0.797. The first-order chi connectivity index (χ1) is 8.17. The molecule has 0 atom stereocenters. The van der Waals surface area contributed by atoms with E-state index in [1.807, 2.05) is 38.1 Å². The van der Waals surface area contributed by atoms with Crippen molar-refractivity contribution >= 4 is 21.9 Å². The van der Waals surface area contributed by atoms with Crippen LogP contribution in [-0.4, -0.2) is 16.6 Å². The molecule has 0 saturated heterocycles. The number of carbonyl (C=O) groups is 1. The largest absolute Gasteiger partial charge is 0.481 e. The molecule has 4 heteroatoms. The maximum atomic E-state index is 11.3. The number of aliphatic carboxylic acids is 1. The van der Waals surface area contributed by atoms with Gasteiger partial charge in [0.25, 0.3) is 0 Å². The SMILES string of the molecule is CC(C)(NCc1cccc(Br)c1)C(C)(C)C(=O)O. The van der Waals surface area contributed by atoms with E-state index in [1.165, 1.54) is 0 Å². The van der Waals surface area contributed by atoms with Gasteiger partial charge in [0.05, 0.1) is 5.41 Å². The molecular weight excluding hydrogens is 294 g/mol. The highest BCUT2D eigenvalue weighted by atomic mass is 79.9. The highest BCUT2D eigenvalue weighted by Crippen LogP contribution is 2.31. The van der Waals surface area contributed by atoms with Crippen LogP contribution in [0, 0.1) is 5.41 Å². The first-order valence-electron chi connectivity index (χ1n) is 5.90. The van der Waals surface area contributed by atoms with Crippen molar-refractivity contribution < 1.29 is 9.90 Å². The Hall–Kier alpha value is -0.870. The molecule has 0 aliphatic heterocycles. The number of nitrogens with one attached hydrogen (secondary N) is 1. The Bertz CT molecular complexity index is 441. The zero-order valence-corrected chi connectivity index (χ0v) is 12.8. The molecule has 0 heterocycles. The van der Waals surface area contributed by atoms with Crippen LogP contribution in [0.2, 0.25) is 0 Å². The number of hydrogen-bond donors (Lipinski definition) is 2. The van der Waals surface area contributed by atoms with Crippen LogP contribution in [-0.2, 0) is 11.3 Å². The molecule has 0 aliphatic rings. The molecule has 0 unspecified atom stereocenters. The zero-order valence-electron chi connectivity index (χ0n) is 11.2. The number of carboxylic acid groups (broad SMARTS) is 1. The normalized spacial score (nSPS) is 12.5. The number of benzene rings is 1. The van der Waals surface area contributed by atoms with Crippen LogP contribution in [0.25, 0.3) is 0 Å². The average Bonchev–Trinajstić information content (AvgIpc) is 2.26. The van der Waals surface area contributed by atoms with Crippen molar-refractivity contribution in [3.8, 4) is 0 Å². The molecule has 0 bridgehead atoms. The van der Waals surface area contributed by atoms with Crippen LogP contribution < -0.4 is 5.32 Å². The summed E-state index contributed by atoms with van der Waals surface area (Å²) < 4.78 is 1.03. The predicted octanol–water partition coefficient (Wildman–Crippen LogP) is 3.43. The lowest BCUT2D eigenvalue weighted by Gasteiger charge is -2.39. The van der Waals surface area contributed by atoms with Gasteiger partial charge in [0.2, 0.25) is 0 Å². The Morgan fingerprint density at radius 3 is 2.44 bits per heavy atom. The van der Waals surface area contributed by atoms with Crippen molar-refractivity contribution in [3.05, 3.63) is 34.3 Å². The standard InChI is InChI=1S/C14H20BrNO2/c1-13(2,12(17)18)14(3,4)16-9-10-6-5-7-11(15)8-10/h5-8,16H,9H2,1-4H3,(H,17,18). The van der Waals surface area contributed by atoms with Gasteiger partial charge in [0, 0.05) is 16.6 Å². The van der Waals surface area contributed by atoms with Gasteiger partial charge in [-0.2, -0.15) is 0 Å². The van der Waals surface area contributed by atoms with Crippen LogP contribution in [0.1, 0.15) is 33.3 Å². The van der Waals surface area contributed by atoms with Crippen molar-refractivity contribution in [1.82, 2.24) is 5.32 Å². The molecule has 3 nitrogen and oxygen atoms in total. The van der Waals surface area contributed by atoms with Gasteiger partial charge in [-0.1, -0.05) is 28.1 Å². The number of hydrogen-bond acceptors (Lipinski definition) is 2. The maximum absolute atomic E-state index is 11.3. The summed E-state index contributed by atoms with van der Waals surface area (Å²) in [6, 6.07) is 7.98. The molecule has 0 radical (unpaired) electrons. The van der Waals surface area contributed by atoms with E-state index in [-0.39, 0.29) is 0 Å². The van der Waals surface area contributed by atoms with E-state index in [4.69, 9.17) is 0 Å². The molecule has 1 aromatic rings. The lowest BCUT2D eigenvalue weighted by atomic mass is 9.74. The van der Waals surface area contributed by atoms with Crippen LogP contribution >= 0.6 is 15.9 Å². The third-order valence-corrected chi connectivity index (χ3v) is 4.21. The highest BCUT2D eigenvalue weighted by molar-refractivity contribution is 9.10. The summed E-state index contributed by atoms with van der Waals surface area (Å²) in [4.78, 5) is 11.3. The van der Waals surface area contributed by atoms with Crippen molar-refractivity contribution in [2.45, 2.75) is 39.8 Å². The van der Waals surface area contributed by atoms with Crippen LogP contribution in [0.5, 0.6) is 0 Å². The lowest BCUT2D eigenvalue weighted by molar-refractivity contribution is -0.151. The van der Waals surface area contributed by atoms with Crippen molar-refractivity contribution in [2.75, 3.05) is 0 Å². The average molecular weight is 314 g/mol. The minimum Gasteiger partial charge on any atom is -0.481 e. The van der Waals surface area contributed by atoms with E-state index >= 15 is 0 Å². The molecule has 18 heavy (non-hydrogen) atoms. The van der Waals surface area contributed by atoms with E-state index < -0.39 is 16.9 Å². The Morgan fingerprint density at radius 1 is 1.33 bits per heavy atom. The van der Waals surface area contributed by atoms with E-state index in [9.17, 15) is 9.90 Å².